The third kappa shape index (κ3) is 2.38. The van der Waals surface area contributed by atoms with Crippen LogP contribution in [-0.2, 0) is 0 Å². The summed E-state index contributed by atoms with van der Waals surface area (Å²) < 4.78 is 6.66. The molecule has 3 aromatic rings. The van der Waals surface area contributed by atoms with Crippen LogP contribution in [0.3, 0.4) is 0 Å². The number of thiophene rings is 1. The van der Waals surface area contributed by atoms with Gasteiger partial charge in [0.2, 0.25) is 0 Å². The second-order valence-electron chi connectivity index (χ2n) is 4.63. The smallest absolute Gasteiger partial charge is 0.198 e. The van der Waals surface area contributed by atoms with Crippen LogP contribution in [0, 0.1) is 0 Å². The molecule has 0 aliphatic heterocycles. The maximum atomic E-state index is 12.8. The minimum absolute atomic E-state index is 0.0526. The zero-order chi connectivity index (χ0) is 14.8. The summed E-state index contributed by atoms with van der Waals surface area (Å²) in [6.07, 6.45) is 0. The number of nitrogen functional groups attached to an aromatic ring is 1. The van der Waals surface area contributed by atoms with E-state index in [-0.39, 0.29) is 5.78 Å². The van der Waals surface area contributed by atoms with E-state index in [1.165, 1.54) is 0 Å². The molecule has 0 bridgehead atoms. The van der Waals surface area contributed by atoms with E-state index in [4.69, 9.17) is 10.5 Å². The van der Waals surface area contributed by atoms with Gasteiger partial charge >= 0.3 is 0 Å². The van der Waals surface area contributed by atoms with E-state index in [1.807, 2.05) is 36.6 Å². The van der Waals surface area contributed by atoms with Crippen LogP contribution in [0.5, 0.6) is 5.75 Å². The lowest BCUT2D eigenvalue weighted by atomic mass is 10.0. The molecule has 3 rings (SSSR count). The molecular formula is C17H15NO2S. The number of fused-ring (bicyclic) bond motifs is 1. The van der Waals surface area contributed by atoms with Crippen molar-refractivity contribution in [2.75, 3.05) is 12.3 Å². The molecule has 2 aromatic carbocycles. The number of carbonyl (C=O) groups excluding carboxylic acids is 1. The minimum Gasteiger partial charge on any atom is -0.491 e. The maximum absolute atomic E-state index is 12.8. The van der Waals surface area contributed by atoms with Gasteiger partial charge in [-0.15, -0.1) is 11.3 Å². The molecule has 0 fully saturated rings. The highest BCUT2D eigenvalue weighted by Crippen LogP contribution is 2.32. The Kier molecular flexibility index (Phi) is 3.62. The summed E-state index contributed by atoms with van der Waals surface area (Å²) in [6, 6.07) is 13.2. The van der Waals surface area contributed by atoms with E-state index in [0.29, 0.717) is 29.2 Å². The Balaban J connectivity index is 2.13. The minimum atomic E-state index is -0.0526. The van der Waals surface area contributed by atoms with Crippen LogP contribution in [0.1, 0.15) is 22.8 Å². The number of carbonyl (C=O) groups is 1. The van der Waals surface area contributed by atoms with E-state index >= 15 is 0 Å². The van der Waals surface area contributed by atoms with Crippen LogP contribution in [0.2, 0.25) is 0 Å². The van der Waals surface area contributed by atoms with Gasteiger partial charge < -0.3 is 10.5 Å². The molecule has 1 heterocycles. The predicted molar refractivity (Wildman–Crippen MR) is 87.3 cm³/mol. The van der Waals surface area contributed by atoms with E-state index < -0.39 is 0 Å². The van der Waals surface area contributed by atoms with Crippen molar-refractivity contribution in [3.8, 4) is 5.75 Å². The summed E-state index contributed by atoms with van der Waals surface area (Å²) in [5.41, 5.74) is 7.64. The Morgan fingerprint density at radius 3 is 2.76 bits per heavy atom. The van der Waals surface area contributed by atoms with Crippen LogP contribution in [0.15, 0.2) is 47.8 Å². The lowest BCUT2D eigenvalue weighted by molar-refractivity contribution is 0.103. The lowest BCUT2D eigenvalue weighted by Crippen LogP contribution is -2.07. The van der Waals surface area contributed by atoms with Gasteiger partial charge in [0.25, 0.3) is 0 Å². The molecule has 21 heavy (non-hydrogen) atoms. The molecule has 0 atom stereocenters. The first-order valence-electron chi connectivity index (χ1n) is 6.74. The zero-order valence-electron chi connectivity index (χ0n) is 11.6. The van der Waals surface area contributed by atoms with Gasteiger partial charge in [0.1, 0.15) is 0 Å². The fourth-order valence-corrected chi connectivity index (χ4v) is 3.28. The molecule has 2 N–H and O–H groups in total. The highest BCUT2D eigenvalue weighted by Gasteiger charge is 2.19. The summed E-state index contributed by atoms with van der Waals surface area (Å²) in [6.45, 7) is 2.35. The molecule has 4 heteroatoms. The van der Waals surface area contributed by atoms with Gasteiger partial charge in [0.15, 0.2) is 11.5 Å². The quantitative estimate of drug-likeness (QED) is 0.582. The van der Waals surface area contributed by atoms with Crippen LogP contribution in [0.4, 0.5) is 5.69 Å². The van der Waals surface area contributed by atoms with Crippen LogP contribution >= 0.6 is 11.3 Å². The average molecular weight is 297 g/mol. The summed E-state index contributed by atoms with van der Waals surface area (Å²) in [7, 11) is 0. The van der Waals surface area contributed by atoms with E-state index in [2.05, 4.69) is 0 Å². The lowest BCUT2D eigenvalue weighted by Gasteiger charge is -2.11. The molecular weight excluding hydrogens is 282 g/mol. The first kappa shape index (κ1) is 13.6. The molecule has 0 radical (unpaired) electrons. The van der Waals surface area contributed by atoms with Gasteiger partial charge in [-0.2, -0.15) is 0 Å². The zero-order valence-corrected chi connectivity index (χ0v) is 12.4. The van der Waals surface area contributed by atoms with Crippen molar-refractivity contribution in [1.82, 2.24) is 0 Å². The summed E-state index contributed by atoms with van der Waals surface area (Å²) in [5.74, 6) is 0.420. The Labute approximate surface area is 127 Å². The highest BCUT2D eigenvalue weighted by molar-refractivity contribution is 7.17. The first-order valence-corrected chi connectivity index (χ1v) is 7.62. The monoisotopic (exact) mass is 297 g/mol. The molecule has 0 aliphatic carbocycles. The van der Waals surface area contributed by atoms with Crippen molar-refractivity contribution in [3.63, 3.8) is 0 Å². The SMILES string of the molecule is CCOc1c(N)cccc1C(=O)c1csc2ccccc12. The molecule has 1 aromatic heterocycles. The average Bonchev–Trinajstić information content (AvgIpc) is 2.93. The van der Waals surface area contributed by atoms with E-state index in [0.717, 1.165) is 10.1 Å². The van der Waals surface area contributed by atoms with Gasteiger partial charge in [0, 0.05) is 21.0 Å². The van der Waals surface area contributed by atoms with Gasteiger partial charge in [0.05, 0.1) is 17.9 Å². The van der Waals surface area contributed by atoms with Crippen molar-refractivity contribution in [1.29, 1.82) is 0 Å². The second kappa shape index (κ2) is 5.58. The standard InChI is InChI=1S/C17H15NO2S/c1-2-20-17-12(7-5-8-14(17)18)16(19)13-10-21-15-9-4-3-6-11(13)15/h3-10H,2,18H2,1H3. The molecule has 0 spiro atoms. The predicted octanol–water partition coefficient (Wildman–Crippen LogP) is 4.11. The number of hydrogen-bond acceptors (Lipinski definition) is 4. The Hall–Kier alpha value is -2.33. The van der Waals surface area contributed by atoms with Gasteiger partial charge in [-0.1, -0.05) is 24.3 Å². The normalized spacial score (nSPS) is 10.7. The number of benzene rings is 2. The van der Waals surface area contributed by atoms with Gasteiger partial charge in [-0.05, 0) is 25.1 Å². The second-order valence-corrected chi connectivity index (χ2v) is 5.54. The number of para-hydroxylation sites is 1. The summed E-state index contributed by atoms with van der Waals surface area (Å²) >= 11 is 1.57. The van der Waals surface area contributed by atoms with Crippen LogP contribution in [0.25, 0.3) is 10.1 Å². The van der Waals surface area contributed by atoms with Crippen molar-refractivity contribution >= 4 is 32.9 Å². The molecule has 0 unspecified atom stereocenters. The number of ketones is 1. The summed E-state index contributed by atoms with van der Waals surface area (Å²) in [4.78, 5) is 12.8. The molecule has 3 nitrogen and oxygen atoms in total. The third-order valence-electron chi connectivity index (χ3n) is 3.30. The Bertz CT molecular complexity index is 807. The van der Waals surface area contributed by atoms with Crippen LogP contribution in [-0.4, -0.2) is 12.4 Å². The van der Waals surface area contributed by atoms with Gasteiger partial charge in [-0.3, -0.25) is 4.79 Å². The third-order valence-corrected chi connectivity index (χ3v) is 4.27. The Morgan fingerprint density at radius 2 is 1.95 bits per heavy atom. The highest BCUT2D eigenvalue weighted by atomic mass is 32.1. The number of nitrogens with two attached hydrogens (primary N) is 1. The van der Waals surface area contributed by atoms with Crippen LogP contribution < -0.4 is 10.5 Å². The molecule has 106 valence electrons. The van der Waals surface area contributed by atoms with Crippen molar-refractivity contribution in [3.05, 3.63) is 59.0 Å². The molecule has 0 aliphatic rings. The number of rotatable bonds is 4. The van der Waals surface area contributed by atoms with E-state index in [9.17, 15) is 4.79 Å². The summed E-state index contributed by atoms with van der Waals surface area (Å²) in [5, 5.41) is 2.86. The van der Waals surface area contributed by atoms with E-state index in [1.54, 1.807) is 29.5 Å². The number of hydrogen-bond donors (Lipinski definition) is 1. The van der Waals surface area contributed by atoms with Crippen molar-refractivity contribution in [2.45, 2.75) is 6.92 Å². The topological polar surface area (TPSA) is 52.3 Å². The molecule has 0 saturated carbocycles. The first-order chi connectivity index (χ1) is 10.2. The number of anilines is 1. The number of ether oxygens (including phenoxy) is 1. The van der Waals surface area contributed by atoms with Crippen molar-refractivity contribution < 1.29 is 9.53 Å². The van der Waals surface area contributed by atoms with Gasteiger partial charge in [-0.25, -0.2) is 0 Å². The molecule has 0 saturated heterocycles. The largest absolute Gasteiger partial charge is 0.491 e. The fourth-order valence-electron chi connectivity index (χ4n) is 2.34. The fraction of sp³-hybridized carbons (Fsp3) is 0.118. The maximum Gasteiger partial charge on any atom is 0.198 e. The molecule has 0 amide bonds. The van der Waals surface area contributed by atoms with Crippen molar-refractivity contribution in [2.24, 2.45) is 0 Å². The Morgan fingerprint density at radius 1 is 1.14 bits per heavy atom.